The molecule has 1 heterocycles. The number of nitrogens with two attached hydrogens (primary N) is 1. The lowest BCUT2D eigenvalue weighted by Crippen LogP contribution is -2.42. The third-order valence-electron chi connectivity index (χ3n) is 2.43. The van der Waals surface area contributed by atoms with E-state index < -0.39 is 18.3 Å². The van der Waals surface area contributed by atoms with Crippen molar-refractivity contribution in [3.63, 3.8) is 0 Å². The van der Waals surface area contributed by atoms with Gasteiger partial charge in [-0.2, -0.15) is 13.2 Å². The Bertz CT molecular complexity index is 458. The predicted molar refractivity (Wildman–Crippen MR) is 66.1 cm³/mol. The first-order valence-corrected chi connectivity index (χ1v) is 5.96. The Labute approximate surface area is 108 Å². The van der Waals surface area contributed by atoms with Gasteiger partial charge in [-0.05, 0) is 6.42 Å². The Morgan fingerprint density at radius 3 is 2.68 bits per heavy atom. The van der Waals surface area contributed by atoms with Crippen LogP contribution in [0.15, 0.2) is 17.2 Å². The van der Waals surface area contributed by atoms with E-state index in [0.717, 1.165) is 4.90 Å². The number of halogens is 3. The summed E-state index contributed by atoms with van der Waals surface area (Å²) in [4.78, 5) is 16.6. The van der Waals surface area contributed by atoms with Crippen molar-refractivity contribution in [2.24, 2.45) is 5.73 Å². The van der Waals surface area contributed by atoms with Crippen LogP contribution in [0.2, 0.25) is 0 Å². The second kappa shape index (κ2) is 6.55. The van der Waals surface area contributed by atoms with Gasteiger partial charge in [-0.1, -0.05) is 6.92 Å². The molecule has 0 spiro atoms. The van der Waals surface area contributed by atoms with E-state index in [9.17, 15) is 18.0 Å². The Morgan fingerprint density at radius 1 is 1.47 bits per heavy atom. The van der Waals surface area contributed by atoms with Crippen LogP contribution in [-0.2, 0) is 6.54 Å². The summed E-state index contributed by atoms with van der Waals surface area (Å²) < 4.78 is 38.8. The monoisotopic (exact) mass is 278 g/mol. The zero-order chi connectivity index (χ0) is 14.5. The molecule has 8 heteroatoms. The fourth-order valence-corrected chi connectivity index (χ4v) is 1.70. The summed E-state index contributed by atoms with van der Waals surface area (Å²) in [6.07, 6.45) is -0.913. The minimum Gasteiger partial charge on any atom is -0.342 e. The first-order valence-electron chi connectivity index (χ1n) is 5.96. The predicted octanol–water partition coefficient (Wildman–Crippen LogP) is 0.981. The summed E-state index contributed by atoms with van der Waals surface area (Å²) in [5.74, 6) is -0.210. The number of rotatable bonds is 6. The van der Waals surface area contributed by atoms with Crippen LogP contribution in [0.1, 0.15) is 13.3 Å². The molecule has 0 amide bonds. The van der Waals surface area contributed by atoms with E-state index in [0.29, 0.717) is 13.0 Å². The molecule has 108 valence electrons. The lowest BCUT2D eigenvalue weighted by Gasteiger charge is -2.24. The fourth-order valence-electron chi connectivity index (χ4n) is 1.70. The van der Waals surface area contributed by atoms with Crippen LogP contribution in [0, 0.1) is 0 Å². The Balaban J connectivity index is 3.08. The van der Waals surface area contributed by atoms with Crippen molar-refractivity contribution in [2.45, 2.75) is 26.1 Å². The molecule has 0 aliphatic rings. The van der Waals surface area contributed by atoms with Crippen LogP contribution >= 0.6 is 0 Å². The van der Waals surface area contributed by atoms with Gasteiger partial charge in [0.05, 0.1) is 0 Å². The van der Waals surface area contributed by atoms with Gasteiger partial charge in [0.2, 0.25) is 0 Å². The molecule has 1 rings (SSSR count). The lowest BCUT2D eigenvalue weighted by atomic mass is 10.4. The van der Waals surface area contributed by atoms with Gasteiger partial charge >= 0.3 is 6.18 Å². The number of aromatic nitrogens is 2. The van der Waals surface area contributed by atoms with E-state index in [1.807, 2.05) is 6.92 Å². The maximum Gasteiger partial charge on any atom is 0.405 e. The van der Waals surface area contributed by atoms with Crippen molar-refractivity contribution in [3.05, 3.63) is 22.7 Å². The number of hydrogen-bond donors (Lipinski definition) is 1. The smallest absolute Gasteiger partial charge is 0.342 e. The number of nitrogens with zero attached hydrogens (tertiary/aromatic N) is 3. The molecule has 0 aliphatic heterocycles. The van der Waals surface area contributed by atoms with Gasteiger partial charge in [0, 0.05) is 32.0 Å². The summed E-state index contributed by atoms with van der Waals surface area (Å²) in [5.41, 5.74) is 4.76. The lowest BCUT2D eigenvalue weighted by molar-refractivity contribution is -0.119. The maximum absolute atomic E-state index is 12.5. The third-order valence-corrected chi connectivity index (χ3v) is 2.43. The van der Waals surface area contributed by atoms with Gasteiger partial charge in [0.1, 0.15) is 6.54 Å². The Kier molecular flexibility index (Phi) is 5.34. The van der Waals surface area contributed by atoms with Crippen molar-refractivity contribution in [1.29, 1.82) is 0 Å². The van der Waals surface area contributed by atoms with Crippen LogP contribution in [0.5, 0.6) is 0 Å². The standard InChI is InChI=1S/C11H17F3N4O/c1-2-5-17-7-4-16-9(10(17)19)18(6-3-15)8-11(12,13)14/h4,7H,2-3,5-6,8,15H2,1H3. The zero-order valence-electron chi connectivity index (χ0n) is 10.7. The molecule has 0 fully saturated rings. The van der Waals surface area contributed by atoms with Gasteiger partial charge in [0.25, 0.3) is 5.56 Å². The molecule has 0 aliphatic carbocycles. The fraction of sp³-hybridized carbons (Fsp3) is 0.636. The Hall–Kier alpha value is -1.57. The summed E-state index contributed by atoms with van der Waals surface area (Å²) in [6, 6.07) is 0. The molecule has 0 atom stereocenters. The van der Waals surface area contributed by atoms with Crippen molar-refractivity contribution >= 4 is 5.82 Å². The minimum atomic E-state index is -4.41. The van der Waals surface area contributed by atoms with Crippen LogP contribution in [0.3, 0.4) is 0 Å². The van der Waals surface area contributed by atoms with E-state index in [2.05, 4.69) is 4.98 Å². The second-order valence-corrected chi connectivity index (χ2v) is 4.07. The molecule has 0 aromatic carbocycles. The first-order chi connectivity index (χ1) is 8.89. The molecule has 0 bridgehead atoms. The average molecular weight is 278 g/mol. The summed E-state index contributed by atoms with van der Waals surface area (Å²) in [7, 11) is 0. The molecule has 5 nitrogen and oxygen atoms in total. The van der Waals surface area contributed by atoms with Crippen molar-refractivity contribution in [1.82, 2.24) is 9.55 Å². The van der Waals surface area contributed by atoms with Crippen molar-refractivity contribution in [2.75, 3.05) is 24.5 Å². The molecule has 1 aromatic heterocycles. The number of hydrogen-bond acceptors (Lipinski definition) is 4. The summed E-state index contributed by atoms with van der Waals surface area (Å²) >= 11 is 0. The second-order valence-electron chi connectivity index (χ2n) is 4.07. The van der Waals surface area contributed by atoms with Crippen LogP contribution in [0.25, 0.3) is 0 Å². The third kappa shape index (κ3) is 4.55. The van der Waals surface area contributed by atoms with E-state index in [-0.39, 0.29) is 18.9 Å². The van der Waals surface area contributed by atoms with Crippen LogP contribution < -0.4 is 16.2 Å². The van der Waals surface area contributed by atoms with Crippen molar-refractivity contribution in [3.8, 4) is 0 Å². The highest BCUT2D eigenvalue weighted by molar-refractivity contribution is 5.36. The first kappa shape index (κ1) is 15.5. The van der Waals surface area contributed by atoms with Gasteiger partial charge < -0.3 is 15.2 Å². The molecule has 0 unspecified atom stereocenters. The number of alkyl halides is 3. The van der Waals surface area contributed by atoms with E-state index in [4.69, 9.17) is 5.73 Å². The van der Waals surface area contributed by atoms with Gasteiger partial charge in [-0.25, -0.2) is 4.98 Å². The summed E-state index contributed by atoms with van der Waals surface area (Å²) in [5, 5.41) is 0. The maximum atomic E-state index is 12.5. The minimum absolute atomic E-state index is 0.0138. The molecule has 0 saturated carbocycles. The quantitative estimate of drug-likeness (QED) is 0.842. The van der Waals surface area contributed by atoms with Crippen LogP contribution in [0.4, 0.5) is 19.0 Å². The van der Waals surface area contributed by atoms with Crippen LogP contribution in [-0.4, -0.2) is 35.4 Å². The summed E-state index contributed by atoms with van der Waals surface area (Å²) in [6.45, 7) is 1.02. The largest absolute Gasteiger partial charge is 0.405 e. The molecule has 1 aromatic rings. The molecular weight excluding hydrogens is 261 g/mol. The molecular formula is C11H17F3N4O. The number of anilines is 1. The number of aryl methyl sites for hydroxylation is 1. The molecule has 2 N–H and O–H groups in total. The van der Waals surface area contributed by atoms with Crippen molar-refractivity contribution < 1.29 is 13.2 Å². The molecule has 19 heavy (non-hydrogen) atoms. The highest BCUT2D eigenvalue weighted by atomic mass is 19.4. The topological polar surface area (TPSA) is 64.2 Å². The Morgan fingerprint density at radius 2 is 2.16 bits per heavy atom. The van der Waals surface area contributed by atoms with E-state index >= 15 is 0 Å². The van der Waals surface area contributed by atoms with Gasteiger partial charge in [-0.3, -0.25) is 4.79 Å². The van der Waals surface area contributed by atoms with Gasteiger partial charge in [-0.15, -0.1) is 0 Å². The SMILES string of the molecule is CCCn1ccnc(N(CCN)CC(F)(F)F)c1=O. The average Bonchev–Trinajstić information content (AvgIpc) is 2.30. The zero-order valence-corrected chi connectivity index (χ0v) is 10.7. The molecule has 0 radical (unpaired) electrons. The highest BCUT2D eigenvalue weighted by Crippen LogP contribution is 2.18. The van der Waals surface area contributed by atoms with Gasteiger partial charge in [0.15, 0.2) is 5.82 Å². The van der Waals surface area contributed by atoms with E-state index in [1.165, 1.54) is 17.0 Å². The normalized spacial score (nSPS) is 11.6. The van der Waals surface area contributed by atoms with E-state index in [1.54, 1.807) is 0 Å². The highest BCUT2D eigenvalue weighted by Gasteiger charge is 2.32. The molecule has 0 saturated heterocycles.